The maximum absolute atomic E-state index is 3.70. The van der Waals surface area contributed by atoms with Crippen LogP contribution >= 0.6 is 0 Å². The van der Waals surface area contributed by atoms with Crippen molar-refractivity contribution in [1.82, 2.24) is 4.90 Å². The molecule has 58 valence electrons. The van der Waals surface area contributed by atoms with Crippen molar-refractivity contribution in [3.05, 3.63) is 25.3 Å². The monoisotopic (exact) mass is 139 g/mol. The molecule has 0 aromatic rings. The molecule has 0 saturated heterocycles. The molecule has 0 spiro atoms. The van der Waals surface area contributed by atoms with Gasteiger partial charge in [-0.15, -0.1) is 13.2 Å². The summed E-state index contributed by atoms with van der Waals surface area (Å²) in [6, 6.07) is 0.579. The van der Waals surface area contributed by atoms with Gasteiger partial charge in [0, 0.05) is 6.04 Å². The molecule has 0 aliphatic rings. The molecule has 0 rings (SSSR count). The molecule has 0 aromatic heterocycles. The fourth-order valence-corrected chi connectivity index (χ4v) is 0.903. The molecule has 0 aliphatic heterocycles. The second kappa shape index (κ2) is 5.24. The SMILES string of the molecule is C=CCC(CC=C)N(C)C. The van der Waals surface area contributed by atoms with Crippen LogP contribution in [0.25, 0.3) is 0 Å². The molecular formula is C9H17N. The zero-order valence-electron chi connectivity index (χ0n) is 7.01. The minimum absolute atomic E-state index is 0.579. The van der Waals surface area contributed by atoms with Gasteiger partial charge in [-0.25, -0.2) is 0 Å². The van der Waals surface area contributed by atoms with Crippen LogP contribution in [-0.4, -0.2) is 25.0 Å². The van der Waals surface area contributed by atoms with Gasteiger partial charge in [0.1, 0.15) is 0 Å². The van der Waals surface area contributed by atoms with Crippen molar-refractivity contribution >= 4 is 0 Å². The van der Waals surface area contributed by atoms with Gasteiger partial charge in [-0.05, 0) is 26.9 Å². The predicted molar refractivity (Wildman–Crippen MR) is 47.1 cm³/mol. The normalized spacial score (nSPS) is 10.4. The van der Waals surface area contributed by atoms with Crippen LogP contribution in [0.2, 0.25) is 0 Å². The van der Waals surface area contributed by atoms with Gasteiger partial charge in [-0.2, -0.15) is 0 Å². The molecule has 10 heavy (non-hydrogen) atoms. The van der Waals surface area contributed by atoms with Crippen LogP contribution in [-0.2, 0) is 0 Å². The van der Waals surface area contributed by atoms with Crippen LogP contribution in [0.5, 0.6) is 0 Å². The number of hydrogen-bond donors (Lipinski definition) is 0. The van der Waals surface area contributed by atoms with Crippen LogP contribution in [0.4, 0.5) is 0 Å². The van der Waals surface area contributed by atoms with E-state index >= 15 is 0 Å². The first-order valence-corrected chi connectivity index (χ1v) is 3.60. The summed E-state index contributed by atoms with van der Waals surface area (Å²) in [5.41, 5.74) is 0. The van der Waals surface area contributed by atoms with E-state index in [2.05, 4.69) is 32.2 Å². The van der Waals surface area contributed by atoms with Crippen molar-refractivity contribution in [2.24, 2.45) is 0 Å². The zero-order valence-corrected chi connectivity index (χ0v) is 7.01. The maximum Gasteiger partial charge on any atom is 0.0158 e. The molecule has 1 heteroatoms. The quantitative estimate of drug-likeness (QED) is 0.527. The minimum Gasteiger partial charge on any atom is -0.306 e. The van der Waals surface area contributed by atoms with E-state index in [1.165, 1.54) is 0 Å². The van der Waals surface area contributed by atoms with Crippen LogP contribution in [0.1, 0.15) is 12.8 Å². The molecule has 0 radical (unpaired) electrons. The molecule has 0 N–H and O–H groups in total. The second-order valence-electron chi connectivity index (χ2n) is 2.67. The van der Waals surface area contributed by atoms with E-state index in [9.17, 15) is 0 Å². The third-order valence-corrected chi connectivity index (χ3v) is 1.61. The van der Waals surface area contributed by atoms with E-state index in [-0.39, 0.29) is 0 Å². The molecule has 0 atom stereocenters. The van der Waals surface area contributed by atoms with Gasteiger partial charge in [-0.1, -0.05) is 12.2 Å². The van der Waals surface area contributed by atoms with Crippen LogP contribution in [0.15, 0.2) is 25.3 Å². The van der Waals surface area contributed by atoms with Gasteiger partial charge in [0.05, 0.1) is 0 Å². The van der Waals surface area contributed by atoms with E-state index in [1.807, 2.05) is 12.2 Å². The summed E-state index contributed by atoms with van der Waals surface area (Å²) in [4.78, 5) is 2.20. The summed E-state index contributed by atoms with van der Waals surface area (Å²) in [5, 5.41) is 0. The van der Waals surface area contributed by atoms with Crippen LogP contribution in [0.3, 0.4) is 0 Å². The van der Waals surface area contributed by atoms with Crippen molar-refractivity contribution in [3.8, 4) is 0 Å². The van der Waals surface area contributed by atoms with Gasteiger partial charge >= 0.3 is 0 Å². The first-order valence-electron chi connectivity index (χ1n) is 3.60. The molecule has 0 aromatic carbocycles. The van der Waals surface area contributed by atoms with Gasteiger partial charge in [0.2, 0.25) is 0 Å². The Kier molecular flexibility index (Phi) is 4.95. The Bertz CT molecular complexity index is 95.3. The Balaban J connectivity index is 3.70. The van der Waals surface area contributed by atoms with E-state index in [1.54, 1.807) is 0 Å². The molecule has 1 nitrogen and oxygen atoms in total. The zero-order chi connectivity index (χ0) is 7.98. The van der Waals surface area contributed by atoms with Crippen molar-refractivity contribution in [2.45, 2.75) is 18.9 Å². The lowest BCUT2D eigenvalue weighted by Gasteiger charge is -2.20. The molecular weight excluding hydrogens is 122 g/mol. The fraction of sp³-hybridized carbons (Fsp3) is 0.556. The Morgan fingerprint density at radius 1 is 1.20 bits per heavy atom. The molecule has 0 bridgehead atoms. The smallest absolute Gasteiger partial charge is 0.0158 e. The molecule has 0 unspecified atom stereocenters. The second-order valence-corrected chi connectivity index (χ2v) is 2.67. The summed E-state index contributed by atoms with van der Waals surface area (Å²) in [7, 11) is 4.16. The third kappa shape index (κ3) is 3.46. The van der Waals surface area contributed by atoms with Crippen molar-refractivity contribution < 1.29 is 0 Å². The first-order chi connectivity index (χ1) is 4.72. The standard InChI is InChI=1S/C9H17N/c1-5-7-9(8-6-2)10(3)4/h5-6,9H,1-2,7-8H2,3-4H3. The van der Waals surface area contributed by atoms with E-state index < -0.39 is 0 Å². The lowest BCUT2D eigenvalue weighted by atomic mass is 10.1. The molecule has 0 heterocycles. The number of hydrogen-bond acceptors (Lipinski definition) is 1. The molecule has 0 saturated carbocycles. The summed E-state index contributed by atoms with van der Waals surface area (Å²) in [6.45, 7) is 7.41. The van der Waals surface area contributed by atoms with E-state index in [0.29, 0.717) is 6.04 Å². The van der Waals surface area contributed by atoms with Gasteiger partial charge < -0.3 is 4.90 Å². The average molecular weight is 139 g/mol. The van der Waals surface area contributed by atoms with Gasteiger partial charge in [0.15, 0.2) is 0 Å². The fourth-order valence-electron chi connectivity index (χ4n) is 0.903. The first kappa shape index (κ1) is 9.44. The summed E-state index contributed by atoms with van der Waals surface area (Å²) < 4.78 is 0. The lowest BCUT2D eigenvalue weighted by Crippen LogP contribution is -2.26. The third-order valence-electron chi connectivity index (χ3n) is 1.61. The topological polar surface area (TPSA) is 3.24 Å². The highest BCUT2D eigenvalue weighted by atomic mass is 15.1. The summed E-state index contributed by atoms with van der Waals surface area (Å²) >= 11 is 0. The van der Waals surface area contributed by atoms with Gasteiger partial charge in [-0.3, -0.25) is 0 Å². The Labute approximate surface area is 64.0 Å². The average Bonchev–Trinajstić information content (AvgIpc) is 1.87. The van der Waals surface area contributed by atoms with Crippen LogP contribution < -0.4 is 0 Å². The number of rotatable bonds is 5. The predicted octanol–water partition coefficient (Wildman–Crippen LogP) is 2.07. The highest BCUT2D eigenvalue weighted by Gasteiger charge is 2.05. The Hall–Kier alpha value is -0.560. The summed E-state index contributed by atoms with van der Waals surface area (Å²) in [6.07, 6.45) is 5.99. The lowest BCUT2D eigenvalue weighted by molar-refractivity contribution is 0.297. The summed E-state index contributed by atoms with van der Waals surface area (Å²) in [5.74, 6) is 0. The molecule has 0 aliphatic carbocycles. The highest BCUT2D eigenvalue weighted by Crippen LogP contribution is 2.05. The maximum atomic E-state index is 3.70. The largest absolute Gasteiger partial charge is 0.306 e. The number of nitrogens with zero attached hydrogens (tertiary/aromatic N) is 1. The van der Waals surface area contributed by atoms with Gasteiger partial charge in [0.25, 0.3) is 0 Å². The van der Waals surface area contributed by atoms with E-state index in [4.69, 9.17) is 0 Å². The Morgan fingerprint density at radius 3 is 1.80 bits per heavy atom. The Morgan fingerprint density at radius 2 is 1.60 bits per heavy atom. The molecule has 0 amide bonds. The van der Waals surface area contributed by atoms with Crippen LogP contribution in [0, 0.1) is 0 Å². The highest BCUT2D eigenvalue weighted by molar-refractivity contribution is 4.83. The van der Waals surface area contributed by atoms with Crippen molar-refractivity contribution in [1.29, 1.82) is 0 Å². The van der Waals surface area contributed by atoms with Crippen molar-refractivity contribution in [3.63, 3.8) is 0 Å². The minimum atomic E-state index is 0.579. The van der Waals surface area contributed by atoms with Crippen molar-refractivity contribution in [2.75, 3.05) is 14.1 Å². The van der Waals surface area contributed by atoms with E-state index in [0.717, 1.165) is 12.8 Å². The molecule has 0 fully saturated rings.